The van der Waals surface area contributed by atoms with Crippen molar-refractivity contribution >= 4 is 27.0 Å². The molecule has 0 aliphatic rings. The summed E-state index contributed by atoms with van der Waals surface area (Å²) in [5.74, 6) is 1.47. The Hall–Kier alpha value is -1.03. The zero-order valence-corrected chi connectivity index (χ0v) is 9.59. The molecule has 74 valence electrons. The van der Waals surface area contributed by atoms with Crippen LogP contribution in [0.3, 0.4) is 0 Å². The molecule has 0 saturated carbocycles. The second-order valence-electron chi connectivity index (χ2n) is 2.89. The largest absolute Gasteiger partial charge is 0.494 e. The van der Waals surface area contributed by atoms with Crippen LogP contribution in [0.1, 0.15) is 12.8 Å². The lowest BCUT2D eigenvalue weighted by Gasteiger charge is -1.99. The van der Waals surface area contributed by atoms with Crippen LogP contribution in [0, 0.1) is 0 Å². The Labute approximate surface area is 90.2 Å². The van der Waals surface area contributed by atoms with Gasteiger partial charge in [0.05, 0.1) is 11.6 Å². The maximum atomic E-state index is 5.55. The molecule has 3 nitrogen and oxygen atoms in total. The molecule has 0 unspecified atom stereocenters. The Morgan fingerprint density at radius 1 is 1.50 bits per heavy atom. The van der Waals surface area contributed by atoms with E-state index in [1.54, 1.807) is 7.11 Å². The number of benzene rings is 1. The fourth-order valence-electron chi connectivity index (χ4n) is 1.31. The smallest absolute Gasteiger partial charge is 0.195 e. The topological polar surface area (TPSA) is 35.3 Å². The second kappa shape index (κ2) is 3.61. The summed E-state index contributed by atoms with van der Waals surface area (Å²) in [6.07, 6.45) is 0.782. The number of nitrogens with zero attached hydrogens (tertiary/aromatic N) is 1. The molecule has 14 heavy (non-hydrogen) atoms. The van der Waals surface area contributed by atoms with Gasteiger partial charge in [0.2, 0.25) is 0 Å². The van der Waals surface area contributed by atoms with Crippen molar-refractivity contribution < 1.29 is 9.15 Å². The summed E-state index contributed by atoms with van der Waals surface area (Å²) in [5.41, 5.74) is 1.53. The summed E-state index contributed by atoms with van der Waals surface area (Å²) in [7, 11) is 1.63. The van der Waals surface area contributed by atoms with Gasteiger partial charge in [0.15, 0.2) is 17.0 Å². The minimum Gasteiger partial charge on any atom is -0.494 e. The summed E-state index contributed by atoms with van der Waals surface area (Å²) >= 11 is 3.41. The van der Waals surface area contributed by atoms with Crippen molar-refractivity contribution in [3.05, 3.63) is 22.5 Å². The van der Waals surface area contributed by atoms with Crippen LogP contribution in [0.25, 0.3) is 11.1 Å². The number of methoxy groups -OCH3 is 1. The average Bonchev–Trinajstić information content (AvgIpc) is 2.63. The van der Waals surface area contributed by atoms with Gasteiger partial charge in [0.25, 0.3) is 0 Å². The molecule has 1 aromatic carbocycles. The van der Waals surface area contributed by atoms with Gasteiger partial charge in [-0.05, 0) is 28.1 Å². The fourth-order valence-corrected chi connectivity index (χ4v) is 1.71. The number of fused-ring (bicyclic) bond motifs is 1. The molecule has 2 rings (SSSR count). The standard InChI is InChI=1S/C10H10BrNO2/c1-3-8-12-9-7(13-2)5-4-6(11)10(9)14-8/h4-5H,3H2,1-2H3. The highest BCUT2D eigenvalue weighted by molar-refractivity contribution is 9.10. The lowest BCUT2D eigenvalue weighted by atomic mass is 10.3. The highest BCUT2D eigenvalue weighted by Gasteiger charge is 2.12. The van der Waals surface area contributed by atoms with Gasteiger partial charge in [0.1, 0.15) is 5.75 Å². The molecule has 4 heteroatoms. The maximum absolute atomic E-state index is 5.55. The maximum Gasteiger partial charge on any atom is 0.195 e. The number of ether oxygens (including phenoxy) is 1. The zero-order valence-electron chi connectivity index (χ0n) is 8.00. The monoisotopic (exact) mass is 255 g/mol. The molecule has 0 amide bonds. The summed E-state index contributed by atoms with van der Waals surface area (Å²) in [6, 6.07) is 3.76. The number of rotatable bonds is 2. The third kappa shape index (κ3) is 1.39. The van der Waals surface area contributed by atoms with Gasteiger partial charge in [-0.2, -0.15) is 0 Å². The van der Waals surface area contributed by atoms with E-state index in [4.69, 9.17) is 9.15 Å². The first-order chi connectivity index (χ1) is 6.76. The van der Waals surface area contributed by atoms with Crippen molar-refractivity contribution in [3.63, 3.8) is 0 Å². The van der Waals surface area contributed by atoms with E-state index in [2.05, 4.69) is 20.9 Å². The lowest BCUT2D eigenvalue weighted by molar-refractivity contribution is 0.419. The number of hydrogen-bond acceptors (Lipinski definition) is 3. The second-order valence-corrected chi connectivity index (χ2v) is 3.74. The third-order valence-electron chi connectivity index (χ3n) is 2.03. The predicted octanol–water partition coefficient (Wildman–Crippen LogP) is 3.16. The van der Waals surface area contributed by atoms with Crippen molar-refractivity contribution in [2.45, 2.75) is 13.3 Å². The molecule has 0 N–H and O–H groups in total. The molecule has 1 aromatic heterocycles. The first-order valence-electron chi connectivity index (χ1n) is 4.38. The number of aryl methyl sites for hydroxylation is 1. The van der Waals surface area contributed by atoms with Gasteiger partial charge in [-0.25, -0.2) is 4.98 Å². The van der Waals surface area contributed by atoms with Crippen molar-refractivity contribution in [3.8, 4) is 5.75 Å². The molecule has 0 spiro atoms. The van der Waals surface area contributed by atoms with E-state index in [-0.39, 0.29) is 0 Å². The minimum absolute atomic E-state index is 0.727. The lowest BCUT2D eigenvalue weighted by Crippen LogP contribution is -1.84. The van der Waals surface area contributed by atoms with Crippen LogP contribution < -0.4 is 4.74 Å². The highest BCUT2D eigenvalue weighted by atomic mass is 79.9. The Morgan fingerprint density at radius 2 is 2.29 bits per heavy atom. The van der Waals surface area contributed by atoms with Gasteiger partial charge < -0.3 is 9.15 Å². The fraction of sp³-hybridized carbons (Fsp3) is 0.300. The molecule has 0 atom stereocenters. The number of aromatic nitrogens is 1. The predicted molar refractivity (Wildman–Crippen MR) is 57.6 cm³/mol. The van der Waals surface area contributed by atoms with Crippen LogP contribution >= 0.6 is 15.9 Å². The Morgan fingerprint density at radius 3 is 2.93 bits per heavy atom. The molecule has 2 aromatic rings. The van der Waals surface area contributed by atoms with Crippen molar-refractivity contribution in [2.75, 3.05) is 7.11 Å². The summed E-state index contributed by atoms with van der Waals surface area (Å²) < 4.78 is 11.7. The van der Waals surface area contributed by atoms with Gasteiger partial charge in [-0.3, -0.25) is 0 Å². The zero-order chi connectivity index (χ0) is 10.1. The molecular formula is C10H10BrNO2. The molecule has 1 heterocycles. The van der Waals surface area contributed by atoms with Crippen molar-refractivity contribution in [2.24, 2.45) is 0 Å². The normalized spacial score (nSPS) is 10.8. The van der Waals surface area contributed by atoms with Crippen LogP contribution in [-0.4, -0.2) is 12.1 Å². The molecular weight excluding hydrogens is 246 g/mol. The van der Waals surface area contributed by atoms with E-state index in [1.165, 1.54) is 0 Å². The van der Waals surface area contributed by atoms with Crippen LogP contribution in [0.5, 0.6) is 5.75 Å². The third-order valence-corrected chi connectivity index (χ3v) is 2.65. The molecule has 0 bridgehead atoms. The van der Waals surface area contributed by atoms with Crippen molar-refractivity contribution in [1.82, 2.24) is 4.98 Å². The number of oxazole rings is 1. The van der Waals surface area contributed by atoms with Crippen LogP contribution in [0.2, 0.25) is 0 Å². The van der Waals surface area contributed by atoms with E-state index in [0.717, 1.165) is 33.6 Å². The van der Waals surface area contributed by atoms with E-state index >= 15 is 0 Å². The first kappa shape index (κ1) is 9.52. The van der Waals surface area contributed by atoms with Gasteiger partial charge in [-0.1, -0.05) is 6.92 Å². The Kier molecular flexibility index (Phi) is 2.46. The van der Waals surface area contributed by atoms with Gasteiger partial charge >= 0.3 is 0 Å². The van der Waals surface area contributed by atoms with Gasteiger partial charge in [0, 0.05) is 6.42 Å². The van der Waals surface area contributed by atoms with Crippen LogP contribution in [-0.2, 0) is 6.42 Å². The van der Waals surface area contributed by atoms with Crippen LogP contribution in [0.15, 0.2) is 21.0 Å². The molecule has 0 aliphatic carbocycles. The van der Waals surface area contributed by atoms with Crippen molar-refractivity contribution in [1.29, 1.82) is 0 Å². The Bertz CT molecular complexity index is 464. The average molecular weight is 256 g/mol. The molecule has 0 radical (unpaired) electrons. The molecule has 0 fully saturated rings. The highest BCUT2D eigenvalue weighted by Crippen LogP contribution is 2.31. The first-order valence-corrected chi connectivity index (χ1v) is 5.17. The van der Waals surface area contributed by atoms with E-state index < -0.39 is 0 Å². The number of halogens is 1. The van der Waals surface area contributed by atoms with E-state index in [0.29, 0.717) is 0 Å². The summed E-state index contributed by atoms with van der Waals surface area (Å²) in [5, 5.41) is 0. The van der Waals surface area contributed by atoms with E-state index in [9.17, 15) is 0 Å². The summed E-state index contributed by atoms with van der Waals surface area (Å²) in [6.45, 7) is 2.01. The van der Waals surface area contributed by atoms with E-state index in [1.807, 2.05) is 19.1 Å². The van der Waals surface area contributed by atoms with Crippen LogP contribution in [0.4, 0.5) is 0 Å². The summed E-state index contributed by atoms with van der Waals surface area (Å²) in [4.78, 5) is 4.34. The number of hydrogen-bond donors (Lipinski definition) is 0. The SMILES string of the molecule is CCc1nc2c(OC)ccc(Br)c2o1. The Balaban J connectivity index is 2.74. The minimum atomic E-state index is 0.727. The molecule has 0 aliphatic heterocycles. The van der Waals surface area contributed by atoms with Gasteiger partial charge in [-0.15, -0.1) is 0 Å². The quantitative estimate of drug-likeness (QED) is 0.827. The molecule has 0 saturated heterocycles.